The van der Waals surface area contributed by atoms with Gasteiger partial charge in [-0.1, -0.05) is 57.2 Å². The van der Waals surface area contributed by atoms with Gasteiger partial charge in [0.2, 0.25) is 30.4 Å². The molecule has 40 heavy (non-hydrogen) atoms. The zero-order valence-corrected chi connectivity index (χ0v) is 22.9. The van der Waals surface area contributed by atoms with Gasteiger partial charge in [-0.05, 0) is 35.3 Å². The Morgan fingerprint density at radius 2 is 1.70 bits per heavy atom. The van der Waals surface area contributed by atoms with Crippen LogP contribution in [0.3, 0.4) is 0 Å². The van der Waals surface area contributed by atoms with Gasteiger partial charge in [0.15, 0.2) is 17.3 Å². The summed E-state index contributed by atoms with van der Waals surface area (Å²) in [5, 5.41) is 5.62. The molecule has 0 bridgehead atoms. The van der Waals surface area contributed by atoms with E-state index in [1.165, 1.54) is 13.1 Å². The number of benzene rings is 2. The minimum absolute atomic E-state index is 0.142. The van der Waals surface area contributed by atoms with Crippen molar-refractivity contribution in [3.05, 3.63) is 65.7 Å². The number of hydrogen-bond donors (Lipinski definition) is 2. The zero-order valence-electron chi connectivity index (χ0n) is 22.9. The van der Waals surface area contributed by atoms with E-state index in [0.29, 0.717) is 17.1 Å². The molecule has 0 unspecified atom stereocenters. The van der Waals surface area contributed by atoms with Crippen molar-refractivity contribution in [1.82, 2.24) is 15.5 Å². The third-order valence-corrected chi connectivity index (χ3v) is 7.14. The predicted octanol–water partition coefficient (Wildman–Crippen LogP) is 2.64. The van der Waals surface area contributed by atoms with E-state index < -0.39 is 53.3 Å². The van der Waals surface area contributed by atoms with Crippen LogP contribution < -0.4 is 20.1 Å². The van der Waals surface area contributed by atoms with E-state index in [-0.39, 0.29) is 19.1 Å². The molecule has 1 fully saturated rings. The molecule has 10 heteroatoms. The highest BCUT2D eigenvalue weighted by atomic mass is 16.7. The summed E-state index contributed by atoms with van der Waals surface area (Å²) in [7, 11) is 1.35. The summed E-state index contributed by atoms with van der Waals surface area (Å²) in [6.07, 6.45) is 2.86. The average molecular weight is 548 g/mol. The molecule has 4 atom stereocenters. The number of carbonyl (C=O) groups excluding carboxylic acids is 5. The number of rotatable bonds is 10. The average Bonchev–Trinajstić information content (AvgIpc) is 3.48. The predicted molar refractivity (Wildman–Crippen MR) is 146 cm³/mol. The number of nitrogens with one attached hydrogen (secondary N) is 2. The molecule has 2 N–H and O–H groups in total. The van der Waals surface area contributed by atoms with Crippen LogP contribution in [0.15, 0.2) is 54.6 Å². The molecule has 0 aromatic heterocycles. The maximum atomic E-state index is 13.3. The van der Waals surface area contributed by atoms with Crippen LogP contribution in [-0.4, -0.2) is 54.2 Å². The lowest BCUT2D eigenvalue weighted by Gasteiger charge is -2.26. The minimum Gasteiger partial charge on any atom is -0.454 e. The van der Waals surface area contributed by atoms with Gasteiger partial charge in [-0.3, -0.25) is 28.9 Å². The first-order chi connectivity index (χ1) is 19.1. The molecular weight excluding hydrogens is 514 g/mol. The Hall–Kier alpha value is -4.47. The van der Waals surface area contributed by atoms with Crippen LogP contribution >= 0.6 is 0 Å². The van der Waals surface area contributed by atoms with Crippen LogP contribution in [0.25, 0.3) is 6.08 Å². The molecule has 2 aliphatic rings. The summed E-state index contributed by atoms with van der Waals surface area (Å²) in [5.74, 6) is -3.39. The van der Waals surface area contributed by atoms with Crippen LogP contribution in [0, 0.1) is 17.8 Å². The fraction of sp³-hybridized carbons (Fsp3) is 0.367. The Labute approximate surface area is 232 Å². The van der Waals surface area contributed by atoms with Gasteiger partial charge < -0.3 is 20.1 Å². The lowest BCUT2D eigenvalue weighted by molar-refractivity contribution is -0.141. The quantitative estimate of drug-likeness (QED) is 0.266. The maximum absolute atomic E-state index is 13.3. The fourth-order valence-electron chi connectivity index (χ4n) is 4.87. The number of nitrogens with zero attached hydrogens (tertiary/aromatic N) is 1. The molecule has 2 aromatic carbocycles. The third-order valence-electron chi connectivity index (χ3n) is 7.14. The number of ether oxygens (including phenoxy) is 2. The number of likely N-dealkylation sites (tertiary alicyclic amines) is 1. The summed E-state index contributed by atoms with van der Waals surface area (Å²) >= 11 is 0. The molecule has 0 aliphatic carbocycles. The van der Waals surface area contributed by atoms with Gasteiger partial charge in [-0.25, -0.2) is 0 Å². The highest BCUT2D eigenvalue weighted by Gasteiger charge is 2.49. The van der Waals surface area contributed by atoms with E-state index in [1.807, 2.05) is 6.07 Å². The maximum Gasteiger partial charge on any atom is 0.244 e. The van der Waals surface area contributed by atoms with Crippen molar-refractivity contribution in [2.75, 3.05) is 13.8 Å². The first kappa shape index (κ1) is 28.5. The topological polar surface area (TPSA) is 131 Å². The zero-order chi connectivity index (χ0) is 29.0. The Morgan fingerprint density at radius 1 is 1.00 bits per heavy atom. The van der Waals surface area contributed by atoms with Crippen molar-refractivity contribution in [2.45, 2.75) is 39.3 Å². The van der Waals surface area contributed by atoms with Crippen molar-refractivity contribution in [2.24, 2.45) is 17.8 Å². The lowest BCUT2D eigenvalue weighted by atomic mass is 9.85. The van der Waals surface area contributed by atoms with Crippen LogP contribution in [-0.2, 0) is 24.0 Å². The highest BCUT2D eigenvalue weighted by Crippen LogP contribution is 2.33. The van der Waals surface area contributed by atoms with Gasteiger partial charge >= 0.3 is 0 Å². The lowest BCUT2D eigenvalue weighted by Crippen LogP contribution is -2.49. The Bertz CT molecular complexity index is 1340. The smallest absolute Gasteiger partial charge is 0.244 e. The second-order valence-corrected chi connectivity index (χ2v) is 10.3. The molecule has 4 rings (SSSR count). The largest absolute Gasteiger partial charge is 0.454 e. The van der Waals surface area contributed by atoms with Crippen molar-refractivity contribution in [1.29, 1.82) is 0 Å². The standard InChI is InChI=1S/C30H33N3O7/c1-17(2)27(28(36)26-18(3)29(37)33(4)30(26)38)32-25(35)15-21(20-8-6-5-7-9-20)31-24(34)13-11-19-10-12-22-23(14-19)40-16-39-22/h5-14,17-18,21,26-27H,15-16H2,1-4H3,(H,31,34)(H,32,35)/b13-11+/t18-,21-,26+,27-/m0/s1. The fourth-order valence-corrected chi connectivity index (χ4v) is 4.87. The van der Waals surface area contributed by atoms with Gasteiger partial charge in [0, 0.05) is 13.1 Å². The molecule has 210 valence electrons. The molecule has 2 aliphatic heterocycles. The molecule has 2 heterocycles. The molecule has 0 spiro atoms. The van der Waals surface area contributed by atoms with E-state index >= 15 is 0 Å². The van der Waals surface area contributed by atoms with Crippen LogP contribution in [0.2, 0.25) is 0 Å². The van der Waals surface area contributed by atoms with Gasteiger partial charge in [0.05, 0.1) is 24.4 Å². The normalized spacial score (nSPS) is 19.7. The summed E-state index contributed by atoms with van der Waals surface area (Å²) in [5.41, 5.74) is 1.45. The second kappa shape index (κ2) is 12.1. The monoisotopic (exact) mass is 547 g/mol. The minimum atomic E-state index is -1.14. The molecule has 0 saturated carbocycles. The number of Topliss-reactive ketones (excluding diaryl/α,β-unsaturated/α-hetero) is 1. The van der Waals surface area contributed by atoms with Crippen molar-refractivity contribution in [3.63, 3.8) is 0 Å². The summed E-state index contributed by atoms with van der Waals surface area (Å²) in [6, 6.07) is 12.7. The molecule has 0 radical (unpaired) electrons. The summed E-state index contributed by atoms with van der Waals surface area (Å²) < 4.78 is 10.7. The van der Waals surface area contributed by atoms with E-state index in [1.54, 1.807) is 69.3 Å². The number of fused-ring (bicyclic) bond motifs is 1. The number of ketones is 1. The Kier molecular flexibility index (Phi) is 8.67. The van der Waals surface area contributed by atoms with Crippen molar-refractivity contribution < 1.29 is 33.4 Å². The number of hydrogen-bond acceptors (Lipinski definition) is 7. The first-order valence-electron chi connectivity index (χ1n) is 13.1. The van der Waals surface area contributed by atoms with Crippen molar-refractivity contribution in [3.8, 4) is 11.5 Å². The van der Waals surface area contributed by atoms with Gasteiger partial charge in [0.25, 0.3) is 0 Å². The van der Waals surface area contributed by atoms with E-state index in [0.717, 1.165) is 10.5 Å². The Balaban J connectivity index is 1.45. The van der Waals surface area contributed by atoms with Crippen LogP contribution in [0.4, 0.5) is 0 Å². The molecule has 1 saturated heterocycles. The summed E-state index contributed by atoms with van der Waals surface area (Å²) in [4.78, 5) is 65.2. The van der Waals surface area contributed by atoms with Gasteiger partial charge in [-0.15, -0.1) is 0 Å². The molecule has 2 aromatic rings. The second-order valence-electron chi connectivity index (χ2n) is 10.3. The molecule has 10 nitrogen and oxygen atoms in total. The van der Waals surface area contributed by atoms with E-state index in [2.05, 4.69) is 10.6 Å². The SMILES string of the molecule is CC(C)[C@H](NC(=O)C[C@H](NC(=O)/C=C/c1ccc2c(c1)OCO2)c1ccccc1)C(=O)[C@@H]1C(=O)N(C)C(=O)[C@H]1C. The van der Waals surface area contributed by atoms with Crippen molar-refractivity contribution >= 4 is 35.5 Å². The number of imide groups is 1. The summed E-state index contributed by atoms with van der Waals surface area (Å²) in [6.45, 7) is 5.22. The van der Waals surface area contributed by atoms with E-state index in [4.69, 9.17) is 9.47 Å². The van der Waals surface area contributed by atoms with E-state index in [9.17, 15) is 24.0 Å². The van der Waals surface area contributed by atoms with Crippen LogP contribution in [0.1, 0.15) is 44.4 Å². The van der Waals surface area contributed by atoms with Gasteiger partial charge in [-0.2, -0.15) is 0 Å². The van der Waals surface area contributed by atoms with Gasteiger partial charge in [0.1, 0.15) is 5.92 Å². The highest BCUT2D eigenvalue weighted by molar-refractivity contribution is 6.16. The number of amides is 4. The molecule has 4 amide bonds. The third kappa shape index (κ3) is 6.22. The Morgan fingerprint density at radius 3 is 2.35 bits per heavy atom. The molecular formula is C30H33N3O7. The van der Waals surface area contributed by atoms with Crippen LogP contribution in [0.5, 0.6) is 11.5 Å². The number of carbonyl (C=O) groups is 5. The first-order valence-corrected chi connectivity index (χ1v) is 13.1.